The second kappa shape index (κ2) is 4.79. The Balaban J connectivity index is 2.38. The van der Waals surface area contributed by atoms with E-state index in [0.29, 0.717) is 18.6 Å². The molecule has 1 aromatic rings. The van der Waals surface area contributed by atoms with Gasteiger partial charge in [-0.3, -0.25) is 14.4 Å². The van der Waals surface area contributed by atoms with E-state index in [1.165, 1.54) is 13.2 Å². The van der Waals surface area contributed by atoms with Crippen molar-refractivity contribution in [2.75, 3.05) is 13.7 Å². The first kappa shape index (κ1) is 12.6. The van der Waals surface area contributed by atoms with Crippen LogP contribution in [0.25, 0.3) is 0 Å². The first-order valence-corrected chi connectivity index (χ1v) is 5.95. The number of carbonyl (C=O) groups is 3. The zero-order valence-corrected chi connectivity index (χ0v) is 10.4. The van der Waals surface area contributed by atoms with Gasteiger partial charge in [0.1, 0.15) is 10.6 Å². The molecule has 0 aromatic carbocycles. The van der Waals surface area contributed by atoms with Gasteiger partial charge in [-0.25, -0.2) is 4.98 Å². The van der Waals surface area contributed by atoms with Crippen molar-refractivity contribution in [2.24, 2.45) is 5.73 Å². The molecule has 1 aliphatic rings. The van der Waals surface area contributed by atoms with Crippen LogP contribution in [0.5, 0.6) is 0 Å². The number of hydrogen-bond donors (Lipinski definition) is 1. The highest BCUT2D eigenvalue weighted by atomic mass is 32.1. The van der Waals surface area contributed by atoms with E-state index in [1.54, 1.807) is 0 Å². The Bertz CT molecular complexity index is 574. The molecular formula is C11H10N2O4S. The maximum Gasteiger partial charge on any atom is 0.277 e. The molecule has 94 valence electrons. The first-order valence-electron chi connectivity index (χ1n) is 5.13. The summed E-state index contributed by atoms with van der Waals surface area (Å²) in [7, 11) is 1.51. The number of fused-ring (bicyclic) bond motifs is 1. The van der Waals surface area contributed by atoms with Gasteiger partial charge >= 0.3 is 0 Å². The number of ketones is 2. The highest BCUT2D eigenvalue weighted by Crippen LogP contribution is 2.27. The molecule has 2 rings (SSSR count). The number of rotatable bonds is 4. The standard InChI is InChI=1S/C11H10N2O4S/c1-17-3-2-5-4-6(14)9-7(8(5)15)13-11(18-9)10(12)16/h4H,2-3H2,1H3,(H2,12,16). The van der Waals surface area contributed by atoms with Gasteiger partial charge in [0.25, 0.3) is 5.91 Å². The molecule has 7 heteroatoms. The predicted octanol–water partition coefficient (Wildman–Crippen LogP) is 0.584. The summed E-state index contributed by atoms with van der Waals surface area (Å²) in [5.41, 5.74) is 5.44. The number of amides is 1. The Hall–Kier alpha value is -1.86. The Morgan fingerprint density at radius 2 is 2.22 bits per heavy atom. The predicted molar refractivity (Wildman–Crippen MR) is 63.9 cm³/mol. The summed E-state index contributed by atoms with van der Waals surface area (Å²) >= 11 is 0.849. The lowest BCUT2D eigenvalue weighted by Gasteiger charge is -2.09. The molecule has 0 saturated heterocycles. The van der Waals surface area contributed by atoms with Crippen LogP contribution in [-0.2, 0) is 4.74 Å². The molecule has 6 nitrogen and oxygen atoms in total. The summed E-state index contributed by atoms with van der Waals surface area (Å²) in [4.78, 5) is 38.8. The van der Waals surface area contributed by atoms with Gasteiger partial charge in [0.2, 0.25) is 5.78 Å². The number of Topliss-reactive ketones (excluding diaryl/α,β-unsaturated/α-hetero) is 1. The molecule has 1 heterocycles. The van der Waals surface area contributed by atoms with Crippen LogP contribution in [-0.4, -0.2) is 36.2 Å². The molecule has 0 radical (unpaired) electrons. The average molecular weight is 266 g/mol. The lowest BCUT2D eigenvalue weighted by molar-refractivity contribution is 0.0973. The molecule has 0 spiro atoms. The second-order valence-electron chi connectivity index (χ2n) is 3.67. The minimum atomic E-state index is -0.742. The van der Waals surface area contributed by atoms with Crippen LogP contribution >= 0.6 is 11.3 Å². The van der Waals surface area contributed by atoms with Crippen molar-refractivity contribution in [1.82, 2.24) is 4.98 Å². The Kier molecular flexibility index (Phi) is 3.35. The van der Waals surface area contributed by atoms with Gasteiger partial charge in [0, 0.05) is 12.7 Å². The number of carbonyl (C=O) groups excluding carboxylic acids is 3. The minimum Gasteiger partial charge on any atom is -0.384 e. The van der Waals surface area contributed by atoms with Crippen molar-refractivity contribution in [3.05, 3.63) is 27.2 Å². The molecule has 0 fully saturated rings. The molecule has 1 amide bonds. The van der Waals surface area contributed by atoms with Crippen LogP contribution in [0.1, 0.15) is 36.4 Å². The third-order valence-electron chi connectivity index (χ3n) is 2.45. The van der Waals surface area contributed by atoms with Crippen LogP contribution in [0.2, 0.25) is 0 Å². The van der Waals surface area contributed by atoms with Gasteiger partial charge in [0.05, 0.1) is 6.61 Å². The summed E-state index contributed by atoms with van der Waals surface area (Å²) in [6, 6.07) is 0. The van der Waals surface area contributed by atoms with Crippen molar-refractivity contribution in [2.45, 2.75) is 6.42 Å². The van der Waals surface area contributed by atoms with Crippen LogP contribution in [0.3, 0.4) is 0 Å². The summed E-state index contributed by atoms with van der Waals surface area (Å²) in [6.07, 6.45) is 1.61. The number of nitrogens with two attached hydrogens (primary N) is 1. The fraction of sp³-hybridized carbons (Fsp3) is 0.273. The Labute approximate surface area is 106 Å². The Morgan fingerprint density at radius 3 is 2.83 bits per heavy atom. The third-order valence-corrected chi connectivity index (χ3v) is 3.53. The van der Waals surface area contributed by atoms with Gasteiger partial charge in [-0.1, -0.05) is 0 Å². The van der Waals surface area contributed by atoms with E-state index in [-0.39, 0.29) is 27.1 Å². The van der Waals surface area contributed by atoms with E-state index < -0.39 is 5.91 Å². The molecule has 0 aliphatic heterocycles. The molecule has 2 N–H and O–H groups in total. The summed E-state index contributed by atoms with van der Waals surface area (Å²) in [6.45, 7) is 0.340. The number of thiazole rings is 1. The fourth-order valence-corrected chi connectivity index (χ4v) is 2.41. The van der Waals surface area contributed by atoms with Crippen molar-refractivity contribution in [3.63, 3.8) is 0 Å². The molecule has 1 aliphatic carbocycles. The van der Waals surface area contributed by atoms with Crippen molar-refractivity contribution in [3.8, 4) is 0 Å². The van der Waals surface area contributed by atoms with E-state index in [2.05, 4.69) is 4.98 Å². The number of hydrogen-bond acceptors (Lipinski definition) is 6. The highest BCUT2D eigenvalue weighted by Gasteiger charge is 2.30. The maximum atomic E-state index is 12.0. The molecule has 18 heavy (non-hydrogen) atoms. The van der Waals surface area contributed by atoms with Crippen LogP contribution in [0.4, 0.5) is 0 Å². The van der Waals surface area contributed by atoms with E-state index in [1.807, 2.05) is 0 Å². The van der Waals surface area contributed by atoms with Gasteiger partial charge in [0.15, 0.2) is 10.8 Å². The smallest absolute Gasteiger partial charge is 0.277 e. The fourth-order valence-electron chi connectivity index (χ4n) is 1.59. The number of nitrogens with zero attached hydrogens (tertiary/aromatic N) is 1. The minimum absolute atomic E-state index is 0.0207. The van der Waals surface area contributed by atoms with E-state index in [9.17, 15) is 14.4 Å². The number of methoxy groups -OCH3 is 1. The quantitative estimate of drug-likeness (QED) is 0.859. The topological polar surface area (TPSA) is 99.3 Å². The lowest BCUT2D eigenvalue weighted by atomic mass is 9.97. The average Bonchev–Trinajstić information content (AvgIpc) is 2.78. The summed E-state index contributed by atoms with van der Waals surface area (Å²) < 4.78 is 4.86. The van der Waals surface area contributed by atoms with Crippen LogP contribution < -0.4 is 5.73 Å². The van der Waals surface area contributed by atoms with Gasteiger partial charge in [-0.2, -0.15) is 0 Å². The van der Waals surface area contributed by atoms with E-state index in [4.69, 9.17) is 10.5 Å². The largest absolute Gasteiger partial charge is 0.384 e. The summed E-state index contributed by atoms with van der Waals surface area (Å²) in [5.74, 6) is -1.40. The van der Waals surface area contributed by atoms with Gasteiger partial charge < -0.3 is 10.5 Å². The zero-order chi connectivity index (χ0) is 13.3. The molecule has 0 saturated carbocycles. The van der Waals surface area contributed by atoms with E-state index >= 15 is 0 Å². The third kappa shape index (κ3) is 2.09. The van der Waals surface area contributed by atoms with Crippen molar-refractivity contribution < 1.29 is 19.1 Å². The summed E-state index contributed by atoms with van der Waals surface area (Å²) in [5, 5.41) is -0.0249. The maximum absolute atomic E-state index is 12.0. The van der Waals surface area contributed by atoms with E-state index in [0.717, 1.165) is 11.3 Å². The molecule has 0 unspecified atom stereocenters. The molecular weight excluding hydrogens is 256 g/mol. The Morgan fingerprint density at radius 1 is 1.50 bits per heavy atom. The monoisotopic (exact) mass is 266 g/mol. The van der Waals surface area contributed by atoms with Crippen LogP contribution in [0.15, 0.2) is 11.6 Å². The van der Waals surface area contributed by atoms with Crippen LogP contribution in [0, 0.1) is 0 Å². The molecule has 1 aromatic heterocycles. The number of primary amides is 1. The first-order chi connectivity index (χ1) is 8.54. The SMILES string of the molecule is COCCC1=CC(=O)c2sc(C(N)=O)nc2C1=O. The van der Waals surface area contributed by atoms with Gasteiger partial charge in [-0.15, -0.1) is 11.3 Å². The molecule has 0 atom stereocenters. The number of aromatic nitrogens is 1. The number of allylic oxidation sites excluding steroid dienone is 1. The van der Waals surface area contributed by atoms with Crippen molar-refractivity contribution in [1.29, 1.82) is 0 Å². The van der Waals surface area contributed by atoms with Crippen molar-refractivity contribution >= 4 is 28.8 Å². The normalized spacial score (nSPS) is 14.4. The number of ether oxygens (including phenoxy) is 1. The lowest BCUT2D eigenvalue weighted by Crippen LogP contribution is -2.17. The molecule has 0 bridgehead atoms. The van der Waals surface area contributed by atoms with Gasteiger partial charge in [-0.05, 0) is 12.5 Å². The second-order valence-corrected chi connectivity index (χ2v) is 4.67. The zero-order valence-electron chi connectivity index (χ0n) is 9.56. The highest BCUT2D eigenvalue weighted by molar-refractivity contribution is 7.16.